The number of rotatable bonds is 3. The number of alkyl halides is 3. The van der Waals surface area contributed by atoms with Crippen LogP contribution in [0.2, 0.25) is 5.02 Å². The van der Waals surface area contributed by atoms with Crippen molar-refractivity contribution in [1.82, 2.24) is 24.3 Å². The van der Waals surface area contributed by atoms with Crippen LogP contribution in [0.3, 0.4) is 0 Å². The number of aromatic amines is 1. The van der Waals surface area contributed by atoms with Gasteiger partial charge in [-0.1, -0.05) is 17.7 Å². The number of anilines is 1. The summed E-state index contributed by atoms with van der Waals surface area (Å²) < 4.78 is 50.2. The van der Waals surface area contributed by atoms with Crippen molar-refractivity contribution in [2.45, 2.75) is 70.8 Å². The van der Waals surface area contributed by atoms with E-state index in [1.807, 2.05) is 19.9 Å². The average Bonchev–Trinajstić information content (AvgIpc) is 3.51. The van der Waals surface area contributed by atoms with Crippen LogP contribution in [0.5, 0.6) is 0 Å². The molecule has 4 aromatic rings. The number of carbonyl (C=O) groups is 1. The predicted molar refractivity (Wildman–Crippen MR) is 149 cm³/mol. The van der Waals surface area contributed by atoms with Crippen LogP contribution in [-0.4, -0.2) is 54.1 Å². The van der Waals surface area contributed by atoms with Crippen molar-refractivity contribution in [1.29, 1.82) is 5.26 Å². The van der Waals surface area contributed by atoms with Crippen LogP contribution in [0.15, 0.2) is 30.7 Å². The highest BCUT2D eigenvalue weighted by Crippen LogP contribution is 2.42. The minimum atomic E-state index is -4.78. The molecular weight excluding hydrogens is 559 g/mol. The molecule has 1 amide bonds. The Morgan fingerprint density at radius 1 is 1.29 bits per heavy atom. The largest absolute Gasteiger partial charge is 0.444 e. The summed E-state index contributed by atoms with van der Waals surface area (Å²) in [4.78, 5) is 26.3. The van der Waals surface area contributed by atoms with Gasteiger partial charge in [0.15, 0.2) is 17.2 Å². The average molecular weight is 588 g/mol. The molecule has 0 spiro atoms. The van der Waals surface area contributed by atoms with Gasteiger partial charge in [0.2, 0.25) is 0 Å². The molecular formula is C28H29ClF3N7O2. The van der Waals surface area contributed by atoms with Gasteiger partial charge in [-0.25, -0.2) is 14.8 Å². The van der Waals surface area contributed by atoms with Gasteiger partial charge in [-0.05, 0) is 53.5 Å². The van der Waals surface area contributed by atoms with E-state index in [2.05, 4.69) is 20.3 Å². The lowest BCUT2D eigenvalue weighted by atomic mass is 9.88. The molecule has 1 aromatic carbocycles. The van der Waals surface area contributed by atoms with Gasteiger partial charge in [-0.2, -0.15) is 18.4 Å². The number of nitriles is 1. The molecule has 41 heavy (non-hydrogen) atoms. The Labute approximate surface area is 239 Å². The zero-order chi connectivity index (χ0) is 29.9. The molecule has 1 saturated heterocycles. The zero-order valence-corrected chi connectivity index (χ0v) is 23.9. The molecule has 0 bridgehead atoms. The molecule has 0 radical (unpaired) electrons. The number of H-pyrrole nitrogens is 1. The number of hydrogen-bond acceptors (Lipinski definition) is 6. The second kappa shape index (κ2) is 9.83. The highest BCUT2D eigenvalue weighted by Gasteiger charge is 2.42. The van der Waals surface area contributed by atoms with E-state index in [4.69, 9.17) is 16.3 Å². The maximum atomic E-state index is 14.6. The summed E-state index contributed by atoms with van der Waals surface area (Å²) in [5, 5.41) is 13.1. The highest BCUT2D eigenvalue weighted by atomic mass is 35.5. The predicted octanol–water partition coefficient (Wildman–Crippen LogP) is 7.01. The van der Waals surface area contributed by atoms with Gasteiger partial charge in [0, 0.05) is 47.7 Å². The van der Waals surface area contributed by atoms with E-state index in [1.54, 1.807) is 31.7 Å². The van der Waals surface area contributed by atoms with Crippen molar-refractivity contribution in [3.05, 3.63) is 47.0 Å². The number of ether oxygens (including phenoxy) is 1. The van der Waals surface area contributed by atoms with Crippen LogP contribution in [0.1, 0.15) is 58.7 Å². The van der Waals surface area contributed by atoms with Gasteiger partial charge in [0.05, 0.1) is 16.1 Å². The first-order valence-corrected chi connectivity index (χ1v) is 13.4. The number of aromatic nitrogens is 4. The number of carbonyl (C=O) groups excluding carboxylic acids is 1. The van der Waals surface area contributed by atoms with E-state index in [9.17, 15) is 23.2 Å². The summed E-state index contributed by atoms with van der Waals surface area (Å²) in [6.07, 6.45) is -0.0586. The van der Waals surface area contributed by atoms with Gasteiger partial charge < -0.3 is 19.9 Å². The first-order chi connectivity index (χ1) is 19.1. The molecule has 1 aliphatic heterocycles. The summed E-state index contributed by atoms with van der Waals surface area (Å²) in [5.74, 6) is 0.140. The topological polar surface area (TPSA) is 111 Å². The minimum Gasteiger partial charge on any atom is -0.444 e. The number of hydrogen-bond donors (Lipinski definition) is 2. The smallest absolute Gasteiger partial charge is 0.433 e. The van der Waals surface area contributed by atoms with E-state index >= 15 is 0 Å². The Kier molecular flexibility index (Phi) is 6.85. The molecule has 5 rings (SSSR count). The Morgan fingerprint density at radius 2 is 2.02 bits per heavy atom. The van der Waals surface area contributed by atoms with Crippen LogP contribution in [-0.2, 0) is 10.9 Å². The number of imidazole rings is 1. The van der Waals surface area contributed by atoms with Gasteiger partial charge >= 0.3 is 12.3 Å². The summed E-state index contributed by atoms with van der Waals surface area (Å²) in [6, 6.07) is 4.64. The molecule has 0 saturated carbocycles. The fraction of sp³-hybridized carbons (Fsp3) is 0.429. The fourth-order valence-electron chi connectivity index (χ4n) is 5.16. The third-order valence-electron chi connectivity index (χ3n) is 7.17. The second-order valence-electron chi connectivity index (χ2n) is 11.7. The van der Waals surface area contributed by atoms with Gasteiger partial charge in [0.1, 0.15) is 17.4 Å². The number of fused-ring (bicyclic) bond motifs is 2. The lowest BCUT2D eigenvalue weighted by Crippen LogP contribution is -2.57. The number of nitrogens with zero attached hydrogens (tertiary/aromatic N) is 5. The summed E-state index contributed by atoms with van der Waals surface area (Å²) in [5.41, 5.74) is -1.81. The standard InChI is InChI=1S/C28H29ClF3N7O2/c1-26(2,3)41-25(40)39-14-16(8-9-27(39,4)5)36-23-24-34-10-11-38(24)22(28(30,31)32)21(37-23)18-13-35-20-17(18)7-6-15(12-33)19(20)29/h6-7,10-11,13,16,35H,8-9,14H2,1-5H3,(H,36,37)/t16-/m0/s1. The molecule has 2 N–H and O–H groups in total. The minimum absolute atomic E-state index is 0.000586. The fourth-order valence-corrected chi connectivity index (χ4v) is 5.42. The van der Waals surface area contributed by atoms with E-state index in [-0.39, 0.29) is 45.9 Å². The van der Waals surface area contributed by atoms with Gasteiger partial charge in [-0.15, -0.1) is 0 Å². The number of piperidine rings is 1. The number of amides is 1. The molecule has 1 atom stereocenters. The molecule has 1 fully saturated rings. The monoisotopic (exact) mass is 587 g/mol. The second-order valence-corrected chi connectivity index (χ2v) is 12.1. The summed E-state index contributed by atoms with van der Waals surface area (Å²) in [7, 11) is 0. The van der Waals surface area contributed by atoms with Gasteiger partial charge in [-0.3, -0.25) is 4.40 Å². The first-order valence-electron chi connectivity index (χ1n) is 13.0. The SMILES string of the molecule is CC(C)(C)OC(=O)N1C[C@@H](Nc2nc(-c3c[nH]c4c(Cl)c(C#N)ccc34)c(C(F)(F)F)n3ccnc23)CCC1(C)C. The van der Waals surface area contributed by atoms with Crippen LogP contribution < -0.4 is 5.32 Å². The Balaban J connectivity index is 1.60. The van der Waals surface area contributed by atoms with E-state index in [1.165, 1.54) is 24.7 Å². The number of likely N-dealkylation sites (tertiary alicyclic amines) is 1. The van der Waals surface area contributed by atoms with Crippen LogP contribution in [0.25, 0.3) is 27.8 Å². The van der Waals surface area contributed by atoms with E-state index in [0.717, 1.165) is 4.40 Å². The van der Waals surface area contributed by atoms with Crippen molar-refractivity contribution in [3.63, 3.8) is 0 Å². The third kappa shape index (κ3) is 5.26. The highest BCUT2D eigenvalue weighted by molar-refractivity contribution is 6.36. The van der Waals surface area contributed by atoms with Crippen molar-refractivity contribution < 1.29 is 22.7 Å². The van der Waals surface area contributed by atoms with Crippen LogP contribution in [0.4, 0.5) is 23.8 Å². The number of benzene rings is 1. The normalized spacial score (nSPS) is 17.6. The Hall–Kier alpha value is -3.98. The first kappa shape index (κ1) is 28.5. The molecule has 1 aliphatic rings. The summed E-state index contributed by atoms with van der Waals surface area (Å²) >= 11 is 6.35. The molecule has 0 unspecified atom stereocenters. The quantitative estimate of drug-likeness (QED) is 0.267. The molecule has 13 heteroatoms. The number of nitrogens with one attached hydrogen (secondary N) is 2. The summed E-state index contributed by atoms with van der Waals surface area (Å²) in [6.45, 7) is 9.53. The maximum absolute atomic E-state index is 14.6. The van der Waals surface area contributed by atoms with Crippen molar-refractivity contribution in [2.24, 2.45) is 0 Å². The lowest BCUT2D eigenvalue weighted by Gasteiger charge is -2.45. The van der Waals surface area contributed by atoms with Crippen molar-refractivity contribution in [3.8, 4) is 17.3 Å². The molecule has 3 aromatic heterocycles. The maximum Gasteiger partial charge on any atom is 0.433 e. The molecule has 0 aliphatic carbocycles. The van der Waals surface area contributed by atoms with E-state index < -0.39 is 29.1 Å². The van der Waals surface area contributed by atoms with Gasteiger partial charge in [0.25, 0.3) is 0 Å². The van der Waals surface area contributed by atoms with Crippen LogP contribution in [0, 0.1) is 11.3 Å². The molecule has 216 valence electrons. The lowest BCUT2D eigenvalue weighted by molar-refractivity contribution is -0.141. The van der Waals surface area contributed by atoms with Crippen molar-refractivity contribution >= 4 is 40.1 Å². The molecule has 4 heterocycles. The van der Waals surface area contributed by atoms with Crippen molar-refractivity contribution in [2.75, 3.05) is 11.9 Å². The molecule has 9 nitrogen and oxygen atoms in total. The Bertz CT molecular complexity index is 1700. The Morgan fingerprint density at radius 3 is 2.68 bits per heavy atom. The zero-order valence-electron chi connectivity index (χ0n) is 23.1. The number of halogens is 4. The third-order valence-corrected chi connectivity index (χ3v) is 7.56. The van der Waals surface area contributed by atoms with Crippen LogP contribution >= 0.6 is 11.6 Å². The van der Waals surface area contributed by atoms with E-state index in [0.29, 0.717) is 23.7 Å².